The number of nitrogens with zero attached hydrogens (tertiary/aromatic N) is 3. The van der Waals surface area contributed by atoms with Crippen molar-refractivity contribution in [2.24, 2.45) is 5.10 Å². The minimum Gasteiger partial charge on any atom is -0.439 e. The summed E-state index contributed by atoms with van der Waals surface area (Å²) in [5.41, 5.74) is 3.00. The molecule has 0 fully saturated rings. The molecule has 0 bridgehead atoms. The van der Waals surface area contributed by atoms with Crippen LogP contribution >= 0.6 is 0 Å². The lowest BCUT2D eigenvalue weighted by Crippen LogP contribution is -2.21. The zero-order chi connectivity index (χ0) is 17.4. The molecule has 2 heterocycles. The van der Waals surface area contributed by atoms with Crippen LogP contribution in [0.1, 0.15) is 6.92 Å². The van der Waals surface area contributed by atoms with Gasteiger partial charge in [-0.25, -0.2) is 0 Å². The first-order valence-electron chi connectivity index (χ1n) is 8.03. The molecule has 4 rings (SSSR count). The number of para-hydroxylation sites is 3. The van der Waals surface area contributed by atoms with Crippen LogP contribution in [0.25, 0.3) is 0 Å². The molecule has 2 aromatic carbocycles. The molecular formula is C20H17N3O2. The summed E-state index contributed by atoms with van der Waals surface area (Å²) in [4.78, 5) is 14.6. The minimum absolute atomic E-state index is 0.140. The lowest BCUT2D eigenvalue weighted by atomic mass is 10.1. The van der Waals surface area contributed by atoms with Crippen LogP contribution in [-0.2, 0) is 4.79 Å². The van der Waals surface area contributed by atoms with E-state index in [0.717, 1.165) is 17.1 Å². The summed E-state index contributed by atoms with van der Waals surface area (Å²) in [5, 5.41) is 5.80. The van der Waals surface area contributed by atoms with Crippen molar-refractivity contribution in [2.75, 3.05) is 17.0 Å². The topological polar surface area (TPSA) is 45.1 Å². The Morgan fingerprint density at radius 1 is 1.00 bits per heavy atom. The van der Waals surface area contributed by atoms with Crippen molar-refractivity contribution in [1.29, 1.82) is 0 Å². The number of rotatable bonds is 2. The van der Waals surface area contributed by atoms with Gasteiger partial charge in [-0.1, -0.05) is 30.3 Å². The van der Waals surface area contributed by atoms with Crippen LogP contribution in [0.4, 0.5) is 11.4 Å². The predicted molar refractivity (Wildman–Crippen MR) is 98.7 cm³/mol. The van der Waals surface area contributed by atoms with E-state index in [-0.39, 0.29) is 5.91 Å². The van der Waals surface area contributed by atoms with E-state index in [2.05, 4.69) is 5.10 Å². The number of anilines is 2. The molecule has 1 amide bonds. The molecule has 124 valence electrons. The molecule has 2 aromatic rings. The number of carbonyl (C=O) groups excluding carboxylic acids is 1. The Morgan fingerprint density at radius 3 is 2.48 bits per heavy atom. The monoisotopic (exact) mass is 331 g/mol. The maximum atomic E-state index is 12.7. The number of fused-ring (bicyclic) bond motifs is 1. The van der Waals surface area contributed by atoms with Crippen molar-refractivity contribution in [3.05, 3.63) is 78.2 Å². The van der Waals surface area contributed by atoms with Gasteiger partial charge in [0.15, 0.2) is 11.6 Å². The molecule has 2 aliphatic heterocycles. The van der Waals surface area contributed by atoms with Gasteiger partial charge < -0.3 is 9.64 Å². The summed E-state index contributed by atoms with van der Waals surface area (Å²) in [6.07, 6.45) is 3.57. The molecule has 0 aliphatic carbocycles. The van der Waals surface area contributed by atoms with Crippen molar-refractivity contribution in [2.45, 2.75) is 6.92 Å². The zero-order valence-electron chi connectivity index (χ0n) is 14.0. The Bertz CT molecular complexity index is 929. The Morgan fingerprint density at radius 2 is 1.72 bits per heavy atom. The summed E-state index contributed by atoms with van der Waals surface area (Å²) in [7, 11) is 1.93. The maximum absolute atomic E-state index is 12.7. The molecule has 0 atom stereocenters. The predicted octanol–water partition coefficient (Wildman–Crippen LogP) is 3.71. The Balaban J connectivity index is 1.61. The maximum Gasteiger partial charge on any atom is 0.280 e. The lowest BCUT2D eigenvalue weighted by molar-refractivity contribution is -0.114. The average molecular weight is 331 g/mol. The van der Waals surface area contributed by atoms with Gasteiger partial charge in [-0.15, -0.1) is 0 Å². The molecular weight excluding hydrogens is 314 g/mol. The number of hydrogen-bond donors (Lipinski definition) is 0. The highest BCUT2D eigenvalue weighted by atomic mass is 16.5. The second-order valence-corrected chi connectivity index (χ2v) is 5.85. The van der Waals surface area contributed by atoms with Gasteiger partial charge >= 0.3 is 0 Å². The van der Waals surface area contributed by atoms with Gasteiger partial charge in [-0.2, -0.15) is 10.1 Å². The summed E-state index contributed by atoms with van der Waals surface area (Å²) >= 11 is 0. The van der Waals surface area contributed by atoms with E-state index >= 15 is 0 Å². The first-order valence-corrected chi connectivity index (χ1v) is 8.03. The van der Waals surface area contributed by atoms with Crippen molar-refractivity contribution in [1.82, 2.24) is 0 Å². The van der Waals surface area contributed by atoms with E-state index in [0.29, 0.717) is 17.2 Å². The van der Waals surface area contributed by atoms with Crippen molar-refractivity contribution >= 4 is 23.0 Å². The number of benzene rings is 2. The molecule has 2 aliphatic rings. The van der Waals surface area contributed by atoms with Crippen molar-refractivity contribution in [3.8, 4) is 5.75 Å². The fourth-order valence-corrected chi connectivity index (χ4v) is 2.88. The fraction of sp³-hybridized carbons (Fsp3) is 0.100. The van der Waals surface area contributed by atoms with E-state index < -0.39 is 0 Å². The molecule has 0 aromatic heterocycles. The standard InChI is InChI=1S/C20H17N3O2/c1-14-16(20(24)23(21-14)15-8-4-3-5-9-15)12-13-19-22(2)17-10-6-7-11-18(17)25-19/h3-13H,1-2H3. The van der Waals surface area contributed by atoms with Crippen LogP contribution in [0.2, 0.25) is 0 Å². The van der Waals surface area contributed by atoms with Gasteiger partial charge in [0.05, 0.1) is 22.7 Å². The minimum atomic E-state index is -0.140. The quantitative estimate of drug-likeness (QED) is 0.788. The van der Waals surface area contributed by atoms with Crippen LogP contribution in [0.3, 0.4) is 0 Å². The molecule has 0 radical (unpaired) electrons. The van der Waals surface area contributed by atoms with E-state index in [4.69, 9.17) is 4.74 Å². The Kier molecular flexibility index (Phi) is 3.61. The average Bonchev–Trinajstić information content (AvgIpc) is 3.11. The molecule has 5 nitrogen and oxygen atoms in total. The van der Waals surface area contributed by atoms with Gasteiger partial charge in [-0.3, -0.25) is 4.79 Å². The highest BCUT2D eigenvalue weighted by molar-refractivity contribution is 6.29. The van der Waals surface area contributed by atoms with Gasteiger partial charge in [-0.05, 0) is 43.3 Å². The van der Waals surface area contributed by atoms with Crippen molar-refractivity contribution in [3.63, 3.8) is 0 Å². The normalized spacial score (nSPS) is 19.4. The number of ether oxygens (including phenoxy) is 1. The first kappa shape index (κ1) is 15.2. The molecule has 5 heteroatoms. The van der Waals surface area contributed by atoms with Crippen LogP contribution < -0.4 is 14.6 Å². The zero-order valence-corrected chi connectivity index (χ0v) is 14.0. The van der Waals surface area contributed by atoms with Gasteiger partial charge in [0.25, 0.3) is 5.91 Å². The summed E-state index contributed by atoms with van der Waals surface area (Å²) in [5.74, 6) is 1.34. The highest BCUT2D eigenvalue weighted by Crippen LogP contribution is 2.37. The summed E-state index contributed by atoms with van der Waals surface area (Å²) in [6.45, 7) is 1.83. The first-order chi connectivity index (χ1) is 12.1. The third-order valence-corrected chi connectivity index (χ3v) is 4.23. The molecule has 0 spiro atoms. The number of hydrogen-bond acceptors (Lipinski definition) is 4. The largest absolute Gasteiger partial charge is 0.439 e. The van der Waals surface area contributed by atoms with Crippen LogP contribution in [0, 0.1) is 0 Å². The summed E-state index contributed by atoms with van der Waals surface area (Å²) < 4.78 is 5.84. The molecule has 0 unspecified atom stereocenters. The summed E-state index contributed by atoms with van der Waals surface area (Å²) in [6, 6.07) is 17.2. The van der Waals surface area contributed by atoms with Gasteiger partial charge in [0.1, 0.15) is 0 Å². The third kappa shape index (κ3) is 2.59. The Labute approximate surface area is 146 Å². The second-order valence-electron chi connectivity index (χ2n) is 5.85. The van der Waals surface area contributed by atoms with E-state index in [1.54, 1.807) is 12.2 Å². The fourth-order valence-electron chi connectivity index (χ4n) is 2.88. The number of hydrazone groups is 1. The smallest absolute Gasteiger partial charge is 0.280 e. The SMILES string of the molecule is CC1=NN(c2ccccc2)C(=O)C1=CC=C1Oc2ccccc2N1C. The van der Waals surface area contributed by atoms with E-state index in [9.17, 15) is 4.79 Å². The number of amides is 1. The second kappa shape index (κ2) is 5.94. The van der Waals surface area contributed by atoms with Crippen LogP contribution in [0.5, 0.6) is 5.75 Å². The molecule has 0 N–H and O–H groups in total. The van der Waals surface area contributed by atoms with Crippen LogP contribution in [-0.4, -0.2) is 18.7 Å². The van der Waals surface area contributed by atoms with Gasteiger partial charge in [0, 0.05) is 7.05 Å². The Hall–Kier alpha value is -3.34. The molecule has 0 saturated heterocycles. The molecule has 0 saturated carbocycles. The highest BCUT2D eigenvalue weighted by Gasteiger charge is 2.28. The lowest BCUT2D eigenvalue weighted by Gasteiger charge is -2.11. The van der Waals surface area contributed by atoms with Crippen LogP contribution in [0.15, 0.2) is 83.3 Å². The van der Waals surface area contributed by atoms with Gasteiger partial charge in [0.2, 0.25) is 0 Å². The third-order valence-electron chi connectivity index (χ3n) is 4.23. The van der Waals surface area contributed by atoms with E-state index in [1.807, 2.05) is 73.5 Å². The number of allylic oxidation sites excluding steroid dienone is 2. The van der Waals surface area contributed by atoms with E-state index in [1.165, 1.54) is 5.01 Å². The molecule has 25 heavy (non-hydrogen) atoms. The van der Waals surface area contributed by atoms with Crippen molar-refractivity contribution < 1.29 is 9.53 Å². The number of carbonyl (C=O) groups is 1.